The van der Waals surface area contributed by atoms with Gasteiger partial charge in [-0.3, -0.25) is 14.4 Å². The summed E-state index contributed by atoms with van der Waals surface area (Å²) >= 11 is 12.0. The summed E-state index contributed by atoms with van der Waals surface area (Å²) in [6, 6.07) is 17.6. The molecule has 3 aromatic rings. The lowest BCUT2D eigenvalue weighted by atomic mass is 10.1. The second kappa shape index (κ2) is 13.4. The first-order chi connectivity index (χ1) is 18.8. The van der Waals surface area contributed by atoms with Gasteiger partial charge in [0.2, 0.25) is 5.91 Å². The van der Waals surface area contributed by atoms with E-state index in [0.717, 1.165) is 11.6 Å². The number of ether oxygens (including phenoxy) is 1. The van der Waals surface area contributed by atoms with E-state index in [1.165, 1.54) is 17.0 Å². The molecule has 3 aromatic carbocycles. The molecular formula is C29H28Cl2FN3O4. The number of hydrogen-bond donors (Lipinski definition) is 2. The van der Waals surface area contributed by atoms with E-state index in [2.05, 4.69) is 10.6 Å². The zero-order valence-corrected chi connectivity index (χ0v) is 22.6. The first kappa shape index (κ1) is 28.4. The molecule has 204 valence electrons. The number of halogens is 3. The van der Waals surface area contributed by atoms with Gasteiger partial charge in [0.25, 0.3) is 11.8 Å². The predicted octanol–water partition coefficient (Wildman–Crippen LogP) is 4.90. The topological polar surface area (TPSA) is 87.7 Å². The highest BCUT2D eigenvalue weighted by molar-refractivity contribution is 6.31. The molecule has 7 nitrogen and oxygen atoms in total. The molecule has 0 saturated carbocycles. The Morgan fingerprint density at radius 1 is 1.03 bits per heavy atom. The third kappa shape index (κ3) is 7.94. The normalized spacial score (nSPS) is 17.1. The smallest absolute Gasteiger partial charge is 0.255 e. The molecule has 0 radical (unpaired) electrons. The SMILES string of the molecule is O=C1CN(C(=O)c2ccc(F)c(Cl)c2)CCCCNC(=O)c2cc(Cl)ccc2OC[C@H](Cc2ccccc2)N1. The van der Waals surface area contributed by atoms with Crippen LogP contribution in [-0.4, -0.2) is 54.9 Å². The summed E-state index contributed by atoms with van der Waals surface area (Å²) in [5.74, 6) is -1.44. The van der Waals surface area contributed by atoms with E-state index in [4.69, 9.17) is 27.9 Å². The maximum absolute atomic E-state index is 13.7. The summed E-state index contributed by atoms with van der Waals surface area (Å²) in [5, 5.41) is 6.06. The molecule has 0 spiro atoms. The maximum atomic E-state index is 13.7. The van der Waals surface area contributed by atoms with Crippen LogP contribution in [0.2, 0.25) is 10.0 Å². The lowest BCUT2D eigenvalue weighted by Crippen LogP contribution is -2.47. The van der Waals surface area contributed by atoms with Crippen LogP contribution in [0, 0.1) is 5.82 Å². The summed E-state index contributed by atoms with van der Waals surface area (Å²) < 4.78 is 19.7. The van der Waals surface area contributed by atoms with Gasteiger partial charge >= 0.3 is 0 Å². The van der Waals surface area contributed by atoms with Gasteiger partial charge < -0.3 is 20.3 Å². The van der Waals surface area contributed by atoms with E-state index in [0.29, 0.717) is 42.1 Å². The van der Waals surface area contributed by atoms with Gasteiger partial charge in [-0.1, -0.05) is 53.5 Å². The molecule has 0 fully saturated rings. The molecule has 0 bridgehead atoms. The summed E-state index contributed by atoms with van der Waals surface area (Å²) in [5.41, 5.74) is 1.45. The molecule has 3 amide bonds. The summed E-state index contributed by atoms with van der Waals surface area (Å²) in [7, 11) is 0. The van der Waals surface area contributed by atoms with Crippen LogP contribution < -0.4 is 15.4 Å². The Kier molecular flexibility index (Phi) is 9.79. The molecule has 1 atom stereocenters. The zero-order valence-electron chi connectivity index (χ0n) is 21.1. The average Bonchev–Trinajstić information content (AvgIpc) is 2.92. The number of nitrogens with zero attached hydrogens (tertiary/aromatic N) is 1. The molecule has 1 aliphatic rings. The van der Waals surface area contributed by atoms with Crippen molar-refractivity contribution in [3.63, 3.8) is 0 Å². The van der Waals surface area contributed by atoms with Crippen molar-refractivity contribution in [3.05, 3.63) is 99.3 Å². The van der Waals surface area contributed by atoms with Crippen molar-refractivity contribution in [2.24, 2.45) is 0 Å². The van der Waals surface area contributed by atoms with Crippen molar-refractivity contribution in [2.75, 3.05) is 26.2 Å². The van der Waals surface area contributed by atoms with Gasteiger partial charge in [0, 0.05) is 23.7 Å². The monoisotopic (exact) mass is 571 g/mol. The summed E-state index contributed by atoms with van der Waals surface area (Å²) in [4.78, 5) is 40.8. The van der Waals surface area contributed by atoms with Gasteiger partial charge in [-0.25, -0.2) is 4.39 Å². The number of fused-ring (bicyclic) bond motifs is 1. The third-order valence-electron chi connectivity index (χ3n) is 6.24. The maximum Gasteiger partial charge on any atom is 0.255 e. The fourth-order valence-corrected chi connectivity index (χ4v) is 4.63. The molecule has 0 aromatic heterocycles. The Labute approximate surface area is 236 Å². The Hall–Kier alpha value is -3.62. The Balaban J connectivity index is 1.59. The molecule has 4 rings (SSSR count). The van der Waals surface area contributed by atoms with Crippen LogP contribution in [0.4, 0.5) is 4.39 Å². The van der Waals surface area contributed by atoms with Gasteiger partial charge in [0.05, 0.1) is 23.2 Å². The lowest BCUT2D eigenvalue weighted by Gasteiger charge is -2.25. The van der Waals surface area contributed by atoms with Crippen LogP contribution in [0.1, 0.15) is 39.1 Å². The number of nitrogens with one attached hydrogen (secondary N) is 2. The fourth-order valence-electron chi connectivity index (χ4n) is 4.28. The number of amides is 3. The zero-order chi connectivity index (χ0) is 27.8. The second-order valence-corrected chi connectivity index (χ2v) is 10.1. The molecule has 1 aliphatic heterocycles. The van der Waals surface area contributed by atoms with E-state index < -0.39 is 17.8 Å². The highest BCUT2D eigenvalue weighted by Crippen LogP contribution is 2.24. The molecule has 0 saturated heterocycles. The minimum absolute atomic E-state index is 0.0735. The minimum atomic E-state index is -0.634. The fraction of sp³-hybridized carbons (Fsp3) is 0.276. The van der Waals surface area contributed by atoms with E-state index >= 15 is 0 Å². The van der Waals surface area contributed by atoms with Crippen molar-refractivity contribution in [2.45, 2.75) is 25.3 Å². The lowest BCUT2D eigenvalue weighted by molar-refractivity contribution is -0.122. The van der Waals surface area contributed by atoms with E-state index in [1.807, 2.05) is 30.3 Å². The Morgan fingerprint density at radius 2 is 1.82 bits per heavy atom. The number of rotatable bonds is 3. The Bertz CT molecular complexity index is 1340. The van der Waals surface area contributed by atoms with Crippen LogP contribution in [0.3, 0.4) is 0 Å². The van der Waals surface area contributed by atoms with E-state index in [-0.39, 0.29) is 42.1 Å². The summed E-state index contributed by atoms with van der Waals surface area (Å²) in [6.45, 7) is 0.457. The largest absolute Gasteiger partial charge is 0.491 e. The average molecular weight is 572 g/mol. The highest BCUT2D eigenvalue weighted by Gasteiger charge is 2.23. The standard InChI is InChI=1S/C29H28Cl2FN3O4/c30-21-9-11-26-23(16-21)28(37)33-12-4-5-13-35(29(38)20-8-10-25(32)24(31)15-20)17-27(36)34-22(18-39-26)14-19-6-2-1-3-7-19/h1-3,6-11,15-16,22H,4-5,12-14,17-18H2,(H,33,37)(H,34,36)/t22-/m0/s1. The first-order valence-corrected chi connectivity index (χ1v) is 13.3. The van der Waals surface area contributed by atoms with Crippen molar-refractivity contribution < 1.29 is 23.5 Å². The van der Waals surface area contributed by atoms with Crippen molar-refractivity contribution in [1.82, 2.24) is 15.5 Å². The van der Waals surface area contributed by atoms with Crippen molar-refractivity contribution >= 4 is 40.9 Å². The minimum Gasteiger partial charge on any atom is -0.491 e. The number of carbonyl (C=O) groups excluding carboxylic acids is 3. The molecule has 39 heavy (non-hydrogen) atoms. The van der Waals surface area contributed by atoms with Crippen LogP contribution >= 0.6 is 23.2 Å². The first-order valence-electron chi connectivity index (χ1n) is 12.6. The van der Waals surface area contributed by atoms with Crippen molar-refractivity contribution in [1.29, 1.82) is 0 Å². The van der Waals surface area contributed by atoms with E-state index in [9.17, 15) is 18.8 Å². The molecule has 0 aliphatic carbocycles. The van der Waals surface area contributed by atoms with Crippen LogP contribution in [0.5, 0.6) is 5.75 Å². The molecule has 2 N–H and O–H groups in total. The number of benzene rings is 3. The Morgan fingerprint density at radius 3 is 2.59 bits per heavy atom. The molecule has 1 heterocycles. The quantitative estimate of drug-likeness (QED) is 0.468. The summed E-state index contributed by atoms with van der Waals surface area (Å²) in [6.07, 6.45) is 1.53. The van der Waals surface area contributed by atoms with Crippen LogP contribution in [0.15, 0.2) is 66.7 Å². The number of hydrogen-bond acceptors (Lipinski definition) is 4. The van der Waals surface area contributed by atoms with Crippen molar-refractivity contribution in [3.8, 4) is 5.75 Å². The predicted molar refractivity (Wildman–Crippen MR) is 148 cm³/mol. The second-order valence-electron chi connectivity index (χ2n) is 9.22. The third-order valence-corrected chi connectivity index (χ3v) is 6.77. The molecular weight excluding hydrogens is 544 g/mol. The molecule has 0 unspecified atom stereocenters. The highest BCUT2D eigenvalue weighted by atomic mass is 35.5. The molecule has 10 heteroatoms. The van der Waals surface area contributed by atoms with Gasteiger partial charge in [0.15, 0.2) is 0 Å². The van der Waals surface area contributed by atoms with E-state index in [1.54, 1.807) is 18.2 Å². The van der Waals surface area contributed by atoms with Gasteiger partial charge in [0.1, 0.15) is 18.2 Å². The van der Waals surface area contributed by atoms with Crippen LogP contribution in [0.25, 0.3) is 0 Å². The number of carbonyl (C=O) groups is 3. The van der Waals surface area contributed by atoms with Crippen LogP contribution in [-0.2, 0) is 11.2 Å². The van der Waals surface area contributed by atoms with Gasteiger partial charge in [-0.15, -0.1) is 0 Å². The van der Waals surface area contributed by atoms with Gasteiger partial charge in [-0.2, -0.15) is 0 Å². The van der Waals surface area contributed by atoms with Gasteiger partial charge in [-0.05, 0) is 61.2 Å².